The maximum Gasteiger partial charge on any atom is 0.0123 e. The molecule has 3 rings (SSSR count). The van der Waals surface area contributed by atoms with Crippen molar-refractivity contribution in [3.05, 3.63) is 0 Å². The first-order valence-electron chi connectivity index (χ1n) is 9.06. The normalized spacial score (nSPS) is 42.2. The summed E-state index contributed by atoms with van der Waals surface area (Å²) in [7, 11) is 2.42. The Kier molecular flexibility index (Phi) is 4.84. The molecular weight excluding hydrogens is 230 g/mol. The van der Waals surface area contributed by atoms with Gasteiger partial charge in [0, 0.05) is 12.6 Å². The topological polar surface area (TPSA) is 3.24 Å². The molecule has 0 amide bonds. The lowest BCUT2D eigenvalue weighted by Gasteiger charge is -2.50. The highest BCUT2D eigenvalue weighted by molar-refractivity contribution is 4.93. The second-order valence-corrected chi connectivity index (χ2v) is 7.58. The Morgan fingerprint density at radius 3 is 1.95 bits per heavy atom. The van der Waals surface area contributed by atoms with E-state index >= 15 is 0 Å². The van der Waals surface area contributed by atoms with E-state index in [4.69, 9.17) is 0 Å². The Morgan fingerprint density at radius 2 is 1.21 bits per heavy atom. The first-order valence-corrected chi connectivity index (χ1v) is 9.06. The summed E-state index contributed by atoms with van der Waals surface area (Å²) < 4.78 is 0. The smallest absolute Gasteiger partial charge is 0.0123 e. The van der Waals surface area contributed by atoms with Crippen LogP contribution in [0.1, 0.15) is 77.0 Å². The number of piperidine rings is 1. The van der Waals surface area contributed by atoms with Crippen LogP contribution < -0.4 is 0 Å². The molecule has 2 aliphatic carbocycles. The fourth-order valence-corrected chi connectivity index (χ4v) is 5.43. The molecule has 0 aromatic heterocycles. The van der Waals surface area contributed by atoms with Gasteiger partial charge in [0.15, 0.2) is 0 Å². The molecule has 0 radical (unpaired) electrons. The highest BCUT2D eigenvalue weighted by Crippen LogP contribution is 2.44. The van der Waals surface area contributed by atoms with Crippen molar-refractivity contribution < 1.29 is 0 Å². The Morgan fingerprint density at radius 1 is 0.632 bits per heavy atom. The van der Waals surface area contributed by atoms with Gasteiger partial charge in [0.2, 0.25) is 0 Å². The van der Waals surface area contributed by atoms with Crippen molar-refractivity contribution in [3.8, 4) is 0 Å². The van der Waals surface area contributed by atoms with Crippen molar-refractivity contribution in [3.63, 3.8) is 0 Å². The van der Waals surface area contributed by atoms with Crippen LogP contribution in [-0.4, -0.2) is 24.5 Å². The number of hydrogen-bond donors (Lipinski definition) is 0. The quantitative estimate of drug-likeness (QED) is 0.603. The number of fused-ring (bicyclic) bond motifs is 3. The molecule has 1 heterocycles. The van der Waals surface area contributed by atoms with Crippen LogP contribution in [0.3, 0.4) is 0 Å². The van der Waals surface area contributed by atoms with Crippen molar-refractivity contribution in [1.82, 2.24) is 4.90 Å². The first kappa shape index (κ1) is 13.9. The molecule has 0 aromatic rings. The predicted octanol–water partition coefficient (Wildman–Crippen LogP) is 4.86. The van der Waals surface area contributed by atoms with Crippen LogP contribution in [0.5, 0.6) is 0 Å². The van der Waals surface area contributed by atoms with Gasteiger partial charge in [0.05, 0.1) is 0 Å². The minimum atomic E-state index is 0.931. The standard InChI is InChI=1S/C18H33N/c1-19-14-15-10-6-2-3-7-11-16(15)17-12-8-4-5-9-13-18(17)19/h15-18H,2-14H2,1H3. The molecule has 4 atom stereocenters. The minimum absolute atomic E-state index is 0.931. The average molecular weight is 263 g/mol. The average Bonchev–Trinajstić information content (AvgIpc) is 2.33. The van der Waals surface area contributed by atoms with Gasteiger partial charge in [-0.2, -0.15) is 0 Å². The van der Waals surface area contributed by atoms with E-state index in [1.807, 2.05) is 0 Å². The molecule has 4 unspecified atom stereocenters. The summed E-state index contributed by atoms with van der Waals surface area (Å²) in [6, 6.07) is 0.931. The zero-order chi connectivity index (χ0) is 13.1. The summed E-state index contributed by atoms with van der Waals surface area (Å²) in [6.45, 7) is 1.41. The number of hydrogen-bond acceptors (Lipinski definition) is 1. The maximum absolute atomic E-state index is 2.76. The van der Waals surface area contributed by atoms with Gasteiger partial charge in [-0.3, -0.25) is 0 Å². The maximum atomic E-state index is 2.76. The summed E-state index contributed by atoms with van der Waals surface area (Å²) in [5.41, 5.74) is 0. The van der Waals surface area contributed by atoms with Crippen molar-refractivity contribution in [1.29, 1.82) is 0 Å². The molecule has 1 nitrogen and oxygen atoms in total. The van der Waals surface area contributed by atoms with Crippen LogP contribution in [0.15, 0.2) is 0 Å². The molecule has 0 spiro atoms. The Balaban J connectivity index is 1.75. The summed E-state index contributed by atoms with van der Waals surface area (Å²) >= 11 is 0. The van der Waals surface area contributed by atoms with Crippen molar-refractivity contribution in [2.45, 2.75) is 83.1 Å². The molecule has 19 heavy (non-hydrogen) atoms. The zero-order valence-corrected chi connectivity index (χ0v) is 12.9. The van der Waals surface area contributed by atoms with Crippen LogP contribution >= 0.6 is 0 Å². The van der Waals surface area contributed by atoms with E-state index in [0.29, 0.717) is 0 Å². The fraction of sp³-hybridized carbons (Fsp3) is 1.00. The van der Waals surface area contributed by atoms with Crippen molar-refractivity contribution in [2.24, 2.45) is 17.8 Å². The molecule has 3 fully saturated rings. The Labute approximate surface area is 120 Å². The summed E-state index contributed by atoms with van der Waals surface area (Å²) in [5.74, 6) is 3.16. The van der Waals surface area contributed by atoms with Crippen LogP contribution in [0.25, 0.3) is 0 Å². The fourth-order valence-electron chi connectivity index (χ4n) is 5.43. The van der Waals surface area contributed by atoms with Gasteiger partial charge in [0.25, 0.3) is 0 Å². The van der Waals surface area contributed by atoms with Crippen molar-refractivity contribution >= 4 is 0 Å². The third-order valence-corrected chi connectivity index (χ3v) is 6.39. The Hall–Kier alpha value is -0.0400. The molecule has 3 aliphatic rings. The van der Waals surface area contributed by atoms with E-state index in [1.165, 1.54) is 77.2 Å². The van der Waals surface area contributed by atoms with Gasteiger partial charge in [-0.15, -0.1) is 0 Å². The number of nitrogens with zero attached hydrogens (tertiary/aromatic N) is 1. The van der Waals surface area contributed by atoms with E-state index in [1.54, 1.807) is 6.42 Å². The van der Waals surface area contributed by atoms with E-state index in [9.17, 15) is 0 Å². The highest BCUT2D eigenvalue weighted by Gasteiger charge is 2.41. The summed E-state index contributed by atoms with van der Waals surface area (Å²) in [5, 5.41) is 0. The summed E-state index contributed by atoms with van der Waals surface area (Å²) in [4.78, 5) is 2.76. The lowest BCUT2D eigenvalue weighted by molar-refractivity contribution is -0.00626. The third kappa shape index (κ3) is 3.17. The Bertz CT molecular complexity index is 275. The molecule has 0 aromatic carbocycles. The van der Waals surface area contributed by atoms with Gasteiger partial charge in [-0.05, 0) is 50.5 Å². The molecule has 1 saturated heterocycles. The second kappa shape index (κ2) is 6.61. The zero-order valence-electron chi connectivity index (χ0n) is 12.9. The van der Waals surface area contributed by atoms with Gasteiger partial charge in [0.1, 0.15) is 0 Å². The van der Waals surface area contributed by atoms with Gasteiger partial charge in [-0.25, -0.2) is 0 Å². The first-order chi connectivity index (χ1) is 9.36. The van der Waals surface area contributed by atoms with Crippen molar-refractivity contribution in [2.75, 3.05) is 13.6 Å². The monoisotopic (exact) mass is 263 g/mol. The minimum Gasteiger partial charge on any atom is -0.303 e. The van der Waals surface area contributed by atoms with E-state index in [-0.39, 0.29) is 0 Å². The molecular formula is C18H33N. The molecule has 1 heteroatoms. The largest absolute Gasteiger partial charge is 0.303 e. The van der Waals surface area contributed by atoms with E-state index in [2.05, 4.69) is 11.9 Å². The molecule has 2 saturated carbocycles. The van der Waals surface area contributed by atoms with Crippen LogP contribution in [0.4, 0.5) is 0 Å². The number of rotatable bonds is 0. The summed E-state index contributed by atoms with van der Waals surface area (Å²) in [6.07, 6.45) is 18.1. The van der Waals surface area contributed by atoms with Crippen LogP contribution in [-0.2, 0) is 0 Å². The van der Waals surface area contributed by atoms with Crippen LogP contribution in [0.2, 0.25) is 0 Å². The SMILES string of the molecule is CN1CC2CCCCCCC2C2CCCCCCC21. The van der Waals surface area contributed by atoms with E-state index in [0.717, 1.165) is 23.8 Å². The number of likely N-dealkylation sites (tertiary alicyclic amines) is 1. The molecule has 0 N–H and O–H groups in total. The molecule has 1 aliphatic heterocycles. The lowest BCUT2D eigenvalue weighted by Crippen LogP contribution is -2.52. The predicted molar refractivity (Wildman–Crippen MR) is 82.3 cm³/mol. The molecule has 0 bridgehead atoms. The van der Waals surface area contributed by atoms with Gasteiger partial charge in [-0.1, -0.05) is 51.4 Å². The van der Waals surface area contributed by atoms with Crippen LogP contribution in [0, 0.1) is 17.8 Å². The lowest BCUT2D eigenvalue weighted by atomic mass is 9.65. The molecule has 110 valence electrons. The second-order valence-electron chi connectivity index (χ2n) is 7.58. The third-order valence-electron chi connectivity index (χ3n) is 6.39. The highest BCUT2D eigenvalue weighted by atomic mass is 15.1. The van der Waals surface area contributed by atoms with E-state index < -0.39 is 0 Å². The van der Waals surface area contributed by atoms with Gasteiger partial charge < -0.3 is 4.90 Å². The van der Waals surface area contributed by atoms with Gasteiger partial charge >= 0.3 is 0 Å².